The summed E-state index contributed by atoms with van der Waals surface area (Å²) in [5, 5.41) is 5.88. The molecule has 2 aromatic rings. The molecule has 2 N–H and O–H groups in total. The van der Waals surface area contributed by atoms with Crippen molar-refractivity contribution < 1.29 is 13.5 Å². The molecule has 0 fully saturated rings. The van der Waals surface area contributed by atoms with Crippen molar-refractivity contribution in [1.82, 2.24) is 9.97 Å². The normalized spacial score (nSPS) is 10.5. The summed E-state index contributed by atoms with van der Waals surface area (Å²) in [4.78, 5) is 8.55. The zero-order valence-electron chi connectivity index (χ0n) is 11.4. The second kappa shape index (κ2) is 7.07. The van der Waals surface area contributed by atoms with E-state index in [0.717, 1.165) is 0 Å². The average molecular weight is 312 g/mol. The van der Waals surface area contributed by atoms with Crippen LogP contribution in [0.4, 0.5) is 26.1 Å². The third kappa shape index (κ3) is 3.72. The minimum Gasteiger partial charge on any atom is -0.490 e. The van der Waals surface area contributed by atoms with Gasteiger partial charge in [0.25, 0.3) is 5.76 Å². The Kier molecular flexibility index (Phi) is 5.15. The van der Waals surface area contributed by atoms with E-state index in [-0.39, 0.29) is 0 Å². The fourth-order valence-corrected chi connectivity index (χ4v) is 2.33. The lowest BCUT2D eigenvalue weighted by atomic mass is 10.3. The summed E-state index contributed by atoms with van der Waals surface area (Å²) >= 11 is 0.472. The van der Waals surface area contributed by atoms with E-state index in [1.54, 1.807) is 31.3 Å². The van der Waals surface area contributed by atoms with E-state index in [1.807, 2.05) is 0 Å². The Labute approximate surface area is 125 Å². The van der Waals surface area contributed by atoms with Gasteiger partial charge in [0.15, 0.2) is 11.6 Å². The third-order valence-electron chi connectivity index (χ3n) is 2.60. The molecule has 0 saturated carbocycles. The maximum atomic E-state index is 12.6. The zero-order valence-corrected chi connectivity index (χ0v) is 12.2. The number of alkyl halides is 2. The van der Waals surface area contributed by atoms with Gasteiger partial charge < -0.3 is 15.4 Å². The van der Waals surface area contributed by atoms with Gasteiger partial charge in [-0.25, -0.2) is 9.97 Å². The molecule has 2 rings (SSSR count). The van der Waals surface area contributed by atoms with E-state index < -0.39 is 5.76 Å². The summed E-state index contributed by atoms with van der Waals surface area (Å²) in [5.41, 5.74) is 0.529. The smallest absolute Gasteiger partial charge is 0.288 e. The zero-order chi connectivity index (χ0) is 15.2. The Balaban J connectivity index is 2.34. The highest BCUT2D eigenvalue weighted by Crippen LogP contribution is 2.36. The molecule has 0 unspecified atom stereocenters. The topological polar surface area (TPSA) is 59.1 Å². The van der Waals surface area contributed by atoms with Crippen molar-refractivity contribution in [2.75, 3.05) is 24.8 Å². The van der Waals surface area contributed by atoms with Gasteiger partial charge in [-0.05, 0) is 12.1 Å². The number of ether oxygens (including phenoxy) is 1. The van der Waals surface area contributed by atoms with Crippen LogP contribution < -0.4 is 15.4 Å². The van der Waals surface area contributed by atoms with E-state index in [2.05, 4.69) is 20.6 Å². The second-order valence-corrected chi connectivity index (χ2v) is 4.89. The summed E-state index contributed by atoms with van der Waals surface area (Å²) < 4.78 is 30.4. The Morgan fingerprint density at radius 3 is 2.57 bits per heavy atom. The van der Waals surface area contributed by atoms with Gasteiger partial charge in [-0.1, -0.05) is 23.9 Å². The van der Waals surface area contributed by atoms with Crippen LogP contribution in [-0.4, -0.2) is 29.9 Å². The van der Waals surface area contributed by atoms with Crippen LogP contribution in [0.25, 0.3) is 0 Å². The molecule has 112 valence electrons. The predicted molar refractivity (Wildman–Crippen MR) is 79.7 cm³/mol. The first-order valence-corrected chi connectivity index (χ1v) is 6.91. The summed E-state index contributed by atoms with van der Waals surface area (Å²) in [6.07, 6.45) is 1.36. The van der Waals surface area contributed by atoms with Crippen molar-refractivity contribution in [2.45, 2.75) is 10.7 Å². The molecule has 1 heterocycles. The standard InChI is InChI=1S/C13H14F2N4OS/c1-16-11-10(20-2)12(18-7-17-11)19-8-5-3-4-6-9(8)21-13(14)15/h3-7,13H,1-2H3,(H2,16,17,18,19). The number of rotatable bonds is 6. The monoisotopic (exact) mass is 312 g/mol. The maximum Gasteiger partial charge on any atom is 0.288 e. The summed E-state index contributed by atoms with van der Waals surface area (Å²) in [6, 6.07) is 6.77. The fraction of sp³-hybridized carbons (Fsp3) is 0.231. The first kappa shape index (κ1) is 15.3. The van der Waals surface area contributed by atoms with Crippen molar-refractivity contribution in [1.29, 1.82) is 0 Å². The van der Waals surface area contributed by atoms with Crippen molar-refractivity contribution in [3.8, 4) is 5.75 Å². The van der Waals surface area contributed by atoms with Crippen LogP contribution in [0, 0.1) is 0 Å². The van der Waals surface area contributed by atoms with Crippen molar-refractivity contribution in [3.05, 3.63) is 30.6 Å². The summed E-state index contributed by atoms with van der Waals surface area (Å²) in [5.74, 6) is -1.17. The molecule has 0 aliphatic heterocycles. The molecule has 1 aromatic heterocycles. The number of nitrogens with one attached hydrogen (secondary N) is 2. The van der Waals surface area contributed by atoms with Crippen LogP contribution in [-0.2, 0) is 0 Å². The van der Waals surface area contributed by atoms with E-state index in [4.69, 9.17) is 4.74 Å². The predicted octanol–water partition coefficient (Wildman–Crippen LogP) is 3.59. The van der Waals surface area contributed by atoms with Gasteiger partial charge in [-0.15, -0.1) is 0 Å². The fourth-order valence-electron chi connectivity index (χ4n) is 1.73. The number of nitrogens with zero attached hydrogens (tertiary/aromatic N) is 2. The molecule has 0 spiro atoms. The molecule has 0 saturated heterocycles. The van der Waals surface area contributed by atoms with Gasteiger partial charge in [0.1, 0.15) is 6.33 Å². The number of methoxy groups -OCH3 is 1. The number of aromatic nitrogens is 2. The maximum absolute atomic E-state index is 12.6. The van der Waals surface area contributed by atoms with Crippen LogP contribution >= 0.6 is 11.8 Å². The Morgan fingerprint density at radius 2 is 1.90 bits per heavy atom. The van der Waals surface area contributed by atoms with E-state index in [1.165, 1.54) is 13.4 Å². The Hall–Kier alpha value is -2.09. The molecule has 0 bridgehead atoms. The molecular weight excluding hydrogens is 298 g/mol. The van der Waals surface area contributed by atoms with Crippen LogP contribution in [0.15, 0.2) is 35.5 Å². The molecule has 21 heavy (non-hydrogen) atoms. The number of anilines is 3. The van der Waals surface area contributed by atoms with Crippen molar-refractivity contribution >= 4 is 29.1 Å². The number of benzene rings is 1. The van der Waals surface area contributed by atoms with E-state index in [0.29, 0.717) is 39.7 Å². The minimum absolute atomic E-state index is 0.402. The average Bonchev–Trinajstić information content (AvgIpc) is 2.48. The van der Waals surface area contributed by atoms with Crippen LogP contribution in [0.3, 0.4) is 0 Å². The molecule has 8 heteroatoms. The quantitative estimate of drug-likeness (QED) is 0.795. The van der Waals surface area contributed by atoms with Gasteiger partial charge in [0.05, 0.1) is 12.8 Å². The van der Waals surface area contributed by atoms with Gasteiger partial charge in [-0.2, -0.15) is 8.78 Å². The number of hydrogen-bond donors (Lipinski definition) is 2. The highest BCUT2D eigenvalue weighted by molar-refractivity contribution is 7.99. The van der Waals surface area contributed by atoms with Crippen LogP contribution in [0.5, 0.6) is 5.75 Å². The number of thioether (sulfide) groups is 1. The highest BCUT2D eigenvalue weighted by Gasteiger charge is 2.14. The summed E-state index contributed by atoms with van der Waals surface area (Å²) in [7, 11) is 3.19. The lowest BCUT2D eigenvalue weighted by molar-refractivity contribution is 0.252. The first-order chi connectivity index (χ1) is 10.2. The highest BCUT2D eigenvalue weighted by atomic mass is 32.2. The minimum atomic E-state index is -2.49. The lowest BCUT2D eigenvalue weighted by Gasteiger charge is -2.14. The van der Waals surface area contributed by atoms with Gasteiger partial charge in [0, 0.05) is 11.9 Å². The Morgan fingerprint density at radius 1 is 1.19 bits per heavy atom. The second-order valence-electron chi connectivity index (χ2n) is 3.85. The molecule has 0 radical (unpaired) electrons. The van der Waals surface area contributed by atoms with Crippen molar-refractivity contribution in [3.63, 3.8) is 0 Å². The molecule has 0 amide bonds. The van der Waals surface area contributed by atoms with Crippen molar-refractivity contribution in [2.24, 2.45) is 0 Å². The molecule has 0 aliphatic rings. The molecule has 0 atom stereocenters. The number of para-hydroxylation sites is 1. The lowest BCUT2D eigenvalue weighted by Crippen LogP contribution is -2.03. The third-order valence-corrected chi connectivity index (χ3v) is 3.39. The number of hydrogen-bond acceptors (Lipinski definition) is 6. The van der Waals surface area contributed by atoms with Crippen LogP contribution in [0.1, 0.15) is 0 Å². The van der Waals surface area contributed by atoms with Crippen LogP contribution in [0.2, 0.25) is 0 Å². The van der Waals surface area contributed by atoms with Gasteiger partial charge >= 0.3 is 0 Å². The molecule has 1 aromatic carbocycles. The van der Waals surface area contributed by atoms with Gasteiger partial charge in [-0.3, -0.25) is 0 Å². The largest absolute Gasteiger partial charge is 0.490 e. The van der Waals surface area contributed by atoms with E-state index >= 15 is 0 Å². The molecular formula is C13H14F2N4OS. The number of halogens is 2. The molecule has 0 aliphatic carbocycles. The van der Waals surface area contributed by atoms with E-state index in [9.17, 15) is 8.78 Å². The Bertz CT molecular complexity index is 612. The molecule has 5 nitrogen and oxygen atoms in total. The first-order valence-electron chi connectivity index (χ1n) is 6.03. The SMILES string of the molecule is CNc1ncnc(Nc2ccccc2SC(F)F)c1OC. The summed E-state index contributed by atoms with van der Waals surface area (Å²) in [6.45, 7) is 0. The van der Waals surface area contributed by atoms with Gasteiger partial charge in [0.2, 0.25) is 5.75 Å².